The topological polar surface area (TPSA) is 51.4 Å². The van der Waals surface area contributed by atoms with Crippen molar-refractivity contribution < 1.29 is 22.4 Å². The fourth-order valence-corrected chi connectivity index (χ4v) is 2.07. The van der Waals surface area contributed by atoms with Crippen LogP contribution < -0.4 is 4.90 Å². The highest BCUT2D eigenvalue weighted by Gasteiger charge is 2.44. The van der Waals surface area contributed by atoms with Crippen molar-refractivity contribution >= 4 is 5.95 Å². The largest absolute Gasteiger partial charge is 0.416 e. The number of aromatic nitrogens is 2. The van der Waals surface area contributed by atoms with E-state index in [9.17, 15) is 13.2 Å². The molecule has 0 aliphatic carbocycles. The second-order valence-corrected chi connectivity index (χ2v) is 4.61. The number of alkyl halides is 3. The number of rotatable bonds is 2. The summed E-state index contributed by atoms with van der Waals surface area (Å²) in [6, 6.07) is 9.04. The van der Waals surface area contributed by atoms with Crippen LogP contribution in [0.2, 0.25) is 0 Å². The summed E-state index contributed by atoms with van der Waals surface area (Å²) in [6.07, 6.45) is -6.23. The van der Waals surface area contributed by atoms with Gasteiger partial charge in [-0.3, -0.25) is 0 Å². The van der Waals surface area contributed by atoms with Gasteiger partial charge in [-0.1, -0.05) is 18.2 Å². The van der Waals surface area contributed by atoms with Gasteiger partial charge in [-0.05, 0) is 17.3 Å². The number of anilines is 1. The molecular weight excluding hydrogens is 287 g/mol. The van der Waals surface area contributed by atoms with Crippen molar-refractivity contribution in [2.24, 2.45) is 0 Å². The average molecular weight is 299 g/mol. The maximum absolute atomic E-state index is 12.7. The summed E-state index contributed by atoms with van der Waals surface area (Å²) in [4.78, 5) is 5.56. The fraction of sp³-hybridized carbons (Fsp3) is 0.385. The number of ether oxygens (including phenoxy) is 1. The smallest absolute Gasteiger partial charge is 0.365 e. The van der Waals surface area contributed by atoms with Gasteiger partial charge < -0.3 is 14.2 Å². The molecular formula is C13H12F3N3O2. The first-order chi connectivity index (χ1) is 10.0. The van der Waals surface area contributed by atoms with Crippen LogP contribution in [0.4, 0.5) is 19.1 Å². The highest BCUT2D eigenvalue weighted by Crippen LogP contribution is 2.28. The molecule has 3 rings (SSSR count). The maximum atomic E-state index is 12.7. The number of benzene rings is 1. The molecule has 0 bridgehead atoms. The molecule has 1 atom stereocenters. The SMILES string of the molecule is FC(F)(F)[C@H]1CN(c2noc(-c3ccccc3)n2)CCO1. The molecule has 1 aromatic heterocycles. The van der Waals surface area contributed by atoms with Crippen molar-refractivity contribution in [3.05, 3.63) is 30.3 Å². The number of halogens is 3. The molecule has 0 radical (unpaired) electrons. The normalized spacial score (nSPS) is 19.8. The second-order valence-electron chi connectivity index (χ2n) is 4.61. The Morgan fingerprint density at radius 3 is 2.67 bits per heavy atom. The number of nitrogens with zero attached hydrogens (tertiary/aromatic N) is 3. The Morgan fingerprint density at radius 2 is 1.95 bits per heavy atom. The zero-order valence-corrected chi connectivity index (χ0v) is 10.9. The highest BCUT2D eigenvalue weighted by atomic mass is 19.4. The van der Waals surface area contributed by atoms with Crippen LogP contribution in [0, 0.1) is 0 Å². The molecule has 1 saturated heterocycles. The Morgan fingerprint density at radius 1 is 1.19 bits per heavy atom. The quantitative estimate of drug-likeness (QED) is 0.853. The molecule has 0 saturated carbocycles. The van der Waals surface area contributed by atoms with Crippen LogP contribution >= 0.6 is 0 Å². The standard InChI is InChI=1S/C13H12F3N3O2/c14-13(15,16)10-8-19(6-7-20-10)12-17-11(21-18-12)9-4-2-1-3-5-9/h1-5,10H,6-8H2/t10-/m1/s1. The van der Waals surface area contributed by atoms with Crippen molar-refractivity contribution in [2.75, 3.05) is 24.6 Å². The Kier molecular flexibility index (Phi) is 3.54. The molecule has 0 spiro atoms. The second kappa shape index (κ2) is 5.36. The van der Waals surface area contributed by atoms with Crippen LogP contribution in [0.1, 0.15) is 0 Å². The third-order valence-corrected chi connectivity index (χ3v) is 3.15. The van der Waals surface area contributed by atoms with E-state index >= 15 is 0 Å². The molecule has 2 heterocycles. The zero-order chi connectivity index (χ0) is 14.9. The molecule has 1 aliphatic heterocycles. The highest BCUT2D eigenvalue weighted by molar-refractivity contribution is 5.54. The van der Waals surface area contributed by atoms with Gasteiger partial charge >= 0.3 is 6.18 Å². The lowest BCUT2D eigenvalue weighted by molar-refractivity contribution is -0.221. The van der Waals surface area contributed by atoms with Crippen molar-refractivity contribution in [1.82, 2.24) is 10.1 Å². The summed E-state index contributed by atoms with van der Waals surface area (Å²) >= 11 is 0. The Labute approximate surface area is 118 Å². The molecule has 8 heteroatoms. The molecule has 1 aliphatic rings. The Hall–Kier alpha value is -2.09. The van der Waals surface area contributed by atoms with Gasteiger partial charge in [0.2, 0.25) is 0 Å². The van der Waals surface area contributed by atoms with Gasteiger partial charge in [-0.15, -0.1) is 0 Å². The van der Waals surface area contributed by atoms with Crippen LogP contribution in [-0.2, 0) is 4.74 Å². The van der Waals surface area contributed by atoms with E-state index in [-0.39, 0.29) is 25.0 Å². The molecule has 1 fully saturated rings. The summed E-state index contributed by atoms with van der Waals surface area (Å²) in [7, 11) is 0. The minimum Gasteiger partial charge on any atom is -0.365 e. The van der Waals surface area contributed by atoms with E-state index in [1.807, 2.05) is 18.2 Å². The van der Waals surface area contributed by atoms with E-state index in [0.29, 0.717) is 6.54 Å². The Balaban J connectivity index is 1.77. The van der Waals surface area contributed by atoms with Crippen LogP contribution in [-0.4, -0.2) is 42.1 Å². The van der Waals surface area contributed by atoms with Gasteiger partial charge in [-0.2, -0.15) is 18.2 Å². The summed E-state index contributed by atoms with van der Waals surface area (Å²) < 4.78 is 47.9. The van der Waals surface area contributed by atoms with Crippen LogP contribution in [0.15, 0.2) is 34.9 Å². The summed E-state index contributed by atoms with van der Waals surface area (Å²) in [6.45, 7) is -0.0724. The fourth-order valence-electron chi connectivity index (χ4n) is 2.07. The number of hydrogen-bond acceptors (Lipinski definition) is 5. The predicted octanol–water partition coefficient (Wildman–Crippen LogP) is 2.50. The number of hydrogen-bond donors (Lipinski definition) is 0. The molecule has 0 amide bonds. The van der Waals surface area contributed by atoms with Gasteiger partial charge in [0.25, 0.3) is 11.8 Å². The Bertz CT molecular complexity index is 600. The average Bonchev–Trinajstić information content (AvgIpc) is 2.97. The first kappa shape index (κ1) is 13.9. The van der Waals surface area contributed by atoms with E-state index in [1.54, 1.807) is 12.1 Å². The van der Waals surface area contributed by atoms with Crippen molar-refractivity contribution in [2.45, 2.75) is 12.3 Å². The lowest BCUT2D eigenvalue weighted by Crippen LogP contribution is -2.49. The predicted molar refractivity (Wildman–Crippen MR) is 67.7 cm³/mol. The zero-order valence-electron chi connectivity index (χ0n) is 10.9. The van der Waals surface area contributed by atoms with Crippen LogP contribution in [0.25, 0.3) is 11.5 Å². The minimum atomic E-state index is -4.40. The van der Waals surface area contributed by atoms with Crippen LogP contribution in [0.3, 0.4) is 0 Å². The van der Waals surface area contributed by atoms with Crippen molar-refractivity contribution in [3.8, 4) is 11.5 Å². The molecule has 21 heavy (non-hydrogen) atoms. The third-order valence-electron chi connectivity index (χ3n) is 3.15. The third kappa shape index (κ3) is 2.99. The van der Waals surface area contributed by atoms with E-state index in [1.165, 1.54) is 4.90 Å². The molecule has 0 N–H and O–H groups in total. The van der Waals surface area contributed by atoms with E-state index < -0.39 is 12.3 Å². The summed E-state index contributed by atoms with van der Waals surface area (Å²) in [5.74, 6) is 0.423. The molecule has 5 nitrogen and oxygen atoms in total. The van der Waals surface area contributed by atoms with Crippen LogP contribution in [0.5, 0.6) is 0 Å². The molecule has 112 valence electrons. The monoisotopic (exact) mass is 299 g/mol. The van der Waals surface area contributed by atoms with Gasteiger partial charge in [0.05, 0.1) is 13.2 Å². The van der Waals surface area contributed by atoms with Crippen molar-refractivity contribution in [3.63, 3.8) is 0 Å². The maximum Gasteiger partial charge on any atom is 0.416 e. The summed E-state index contributed by atoms with van der Waals surface area (Å²) in [5, 5.41) is 3.75. The van der Waals surface area contributed by atoms with Gasteiger partial charge in [0.15, 0.2) is 6.10 Å². The van der Waals surface area contributed by atoms with Gasteiger partial charge in [-0.25, -0.2) is 0 Å². The lowest BCUT2D eigenvalue weighted by atomic mass is 10.2. The van der Waals surface area contributed by atoms with E-state index in [2.05, 4.69) is 10.1 Å². The van der Waals surface area contributed by atoms with Gasteiger partial charge in [0.1, 0.15) is 0 Å². The molecule has 2 aromatic rings. The van der Waals surface area contributed by atoms with E-state index in [0.717, 1.165) is 5.56 Å². The minimum absolute atomic E-state index is 0.0284. The first-order valence-corrected chi connectivity index (χ1v) is 6.36. The number of morpholine rings is 1. The lowest BCUT2D eigenvalue weighted by Gasteiger charge is -2.32. The molecule has 1 aromatic carbocycles. The van der Waals surface area contributed by atoms with Crippen molar-refractivity contribution in [1.29, 1.82) is 0 Å². The van der Waals surface area contributed by atoms with E-state index in [4.69, 9.17) is 9.26 Å². The first-order valence-electron chi connectivity index (χ1n) is 6.36. The van der Waals surface area contributed by atoms with Gasteiger partial charge in [0, 0.05) is 12.1 Å². The molecule has 0 unspecified atom stereocenters. The summed E-state index contributed by atoms with van der Waals surface area (Å²) in [5.41, 5.74) is 0.719.